The molecule has 0 bridgehead atoms. The van der Waals surface area contributed by atoms with E-state index in [1.807, 2.05) is 24.3 Å². The summed E-state index contributed by atoms with van der Waals surface area (Å²) in [5, 5.41) is 4.10. The number of aryl methyl sites for hydroxylation is 1. The van der Waals surface area contributed by atoms with Gasteiger partial charge in [-0.2, -0.15) is 0 Å². The van der Waals surface area contributed by atoms with Crippen molar-refractivity contribution in [1.82, 2.24) is 4.98 Å². The average molecular weight is 430 g/mol. The van der Waals surface area contributed by atoms with Crippen molar-refractivity contribution in [3.8, 4) is 0 Å². The van der Waals surface area contributed by atoms with Gasteiger partial charge in [-0.05, 0) is 61.7 Å². The second-order valence-electron chi connectivity index (χ2n) is 6.73. The lowest BCUT2D eigenvalue weighted by Gasteiger charge is -2.31. The van der Waals surface area contributed by atoms with Crippen LogP contribution < -0.4 is 10.2 Å². The SMILES string of the molecule is Cc1ccc2nc(N3CCC(C(=O)Nc4ccc(Br)cc4)CC3)sc2c1. The Labute approximate surface area is 165 Å². The number of halogens is 1. The van der Waals surface area contributed by atoms with Gasteiger partial charge in [-0.15, -0.1) is 0 Å². The van der Waals surface area contributed by atoms with E-state index in [1.165, 1.54) is 10.3 Å². The fraction of sp³-hybridized carbons (Fsp3) is 0.300. The second-order valence-corrected chi connectivity index (χ2v) is 8.65. The Balaban J connectivity index is 1.38. The molecule has 0 unspecified atom stereocenters. The van der Waals surface area contributed by atoms with E-state index in [4.69, 9.17) is 4.98 Å². The fourth-order valence-corrected chi connectivity index (χ4v) is 4.65. The average Bonchev–Trinajstić information content (AvgIpc) is 3.07. The number of piperidine rings is 1. The van der Waals surface area contributed by atoms with E-state index in [9.17, 15) is 4.79 Å². The number of rotatable bonds is 3. The Kier molecular flexibility index (Phi) is 4.96. The van der Waals surface area contributed by atoms with E-state index >= 15 is 0 Å². The number of carbonyl (C=O) groups is 1. The molecule has 134 valence electrons. The first-order valence-corrected chi connectivity index (χ1v) is 10.4. The number of nitrogens with one attached hydrogen (secondary N) is 1. The Hall–Kier alpha value is -1.92. The summed E-state index contributed by atoms with van der Waals surface area (Å²) in [5.74, 6) is 0.179. The molecule has 4 rings (SSSR count). The second kappa shape index (κ2) is 7.37. The quantitative estimate of drug-likeness (QED) is 0.620. The van der Waals surface area contributed by atoms with Gasteiger partial charge < -0.3 is 10.2 Å². The lowest BCUT2D eigenvalue weighted by molar-refractivity contribution is -0.120. The summed E-state index contributed by atoms with van der Waals surface area (Å²) < 4.78 is 2.24. The molecule has 0 atom stereocenters. The highest BCUT2D eigenvalue weighted by Gasteiger charge is 2.26. The predicted molar refractivity (Wildman–Crippen MR) is 112 cm³/mol. The van der Waals surface area contributed by atoms with Crippen LogP contribution in [0, 0.1) is 12.8 Å². The van der Waals surface area contributed by atoms with Crippen LogP contribution in [0.1, 0.15) is 18.4 Å². The molecule has 0 spiro atoms. The van der Waals surface area contributed by atoms with Gasteiger partial charge in [0.2, 0.25) is 5.91 Å². The highest BCUT2D eigenvalue weighted by molar-refractivity contribution is 9.10. The van der Waals surface area contributed by atoms with E-state index in [1.54, 1.807) is 11.3 Å². The van der Waals surface area contributed by atoms with E-state index in [0.29, 0.717) is 0 Å². The maximum atomic E-state index is 12.5. The Bertz CT molecular complexity index is 930. The van der Waals surface area contributed by atoms with Crippen LogP contribution in [0.2, 0.25) is 0 Å². The molecule has 2 heterocycles. The van der Waals surface area contributed by atoms with E-state index in [2.05, 4.69) is 51.3 Å². The summed E-state index contributed by atoms with van der Waals surface area (Å²) >= 11 is 5.15. The summed E-state index contributed by atoms with van der Waals surface area (Å²) in [6, 6.07) is 14.1. The molecule has 0 aliphatic carbocycles. The maximum Gasteiger partial charge on any atom is 0.227 e. The molecule has 1 aromatic heterocycles. The molecule has 1 aliphatic heterocycles. The Morgan fingerprint density at radius 2 is 1.92 bits per heavy atom. The molecular formula is C20H20BrN3OS. The summed E-state index contributed by atoms with van der Waals surface area (Å²) in [6.45, 7) is 3.85. The van der Waals surface area contributed by atoms with Gasteiger partial charge in [0.1, 0.15) is 0 Å². The zero-order chi connectivity index (χ0) is 18.1. The number of anilines is 2. The first-order chi connectivity index (χ1) is 12.6. The van der Waals surface area contributed by atoms with Gasteiger partial charge in [-0.1, -0.05) is 33.3 Å². The third-order valence-corrected chi connectivity index (χ3v) is 6.39. The highest BCUT2D eigenvalue weighted by atomic mass is 79.9. The van der Waals surface area contributed by atoms with Gasteiger partial charge in [-0.3, -0.25) is 4.79 Å². The van der Waals surface area contributed by atoms with Crippen LogP contribution in [0.5, 0.6) is 0 Å². The third kappa shape index (κ3) is 3.76. The molecule has 1 amide bonds. The van der Waals surface area contributed by atoms with Crippen LogP contribution in [0.15, 0.2) is 46.9 Å². The largest absolute Gasteiger partial charge is 0.348 e. The predicted octanol–water partition coefficient (Wildman–Crippen LogP) is 5.22. The number of fused-ring (bicyclic) bond motifs is 1. The van der Waals surface area contributed by atoms with Crippen molar-refractivity contribution in [3.63, 3.8) is 0 Å². The molecule has 1 saturated heterocycles. The summed E-state index contributed by atoms with van der Waals surface area (Å²) in [5.41, 5.74) is 3.17. The lowest BCUT2D eigenvalue weighted by atomic mass is 9.96. The minimum atomic E-state index is 0.0616. The molecule has 4 nitrogen and oxygen atoms in total. The molecule has 26 heavy (non-hydrogen) atoms. The van der Waals surface area contributed by atoms with Crippen LogP contribution in [0.4, 0.5) is 10.8 Å². The van der Waals surface area contributed by atoms with Crippen molar-refractivity contribution < 1.29 is 4.79 Å². The van der Waals surface area contributed by atoms with Gasteiger partial charge in [0.15, 0.2) is 5.13 Å². The monoisotopic (exact) mass is 429 g/mol. The summed E-state index contributed by atoms with van der Waals surface area (Å²) in [4.78, 5) is 19.6. The van der Waals surface area contributed by atoms with Gasteiger partial charge >= 0.3 is 0 Å². The fourth-order valence-electron chi connectivity index (χ4n) is 3.27. The first kappa shape index (κ1) is 17.5. The number of thiazole rings is 1. The molecule has 3 aromatic rings. The normalized spacial score (nSPS) is 15.4. The first-order valence-electron chi connectivity index (χ1n) is 8.77. The van der Waals surface area contributed by atoms with Gasteiger partial charge in [0.05, 0.1) is 10.2 Å². The van der Waals surface area contributed by atoms with Crippen molar-refractivity contribution >= 4 is 54.2 Å². The number of hydrogen-bond donors (Lipinski definition) is 1. The molecule has 1 aliphatic rings. The minimum absolute atomic E-state index is 0.0616. The zero-order valence-corrected chi connectivity index (χ0v) is 16.9. The van der Waals surface area contributed by atoms with Crippen LogP contribution in [0.3, 0.4) is 0 Å². The topological polar surface area (TPSA) is 45.2 Å². The van der Waals surface area contributed by atoms with Gasteiger partial charge in [-0.25, -0.2) is 4.98 Å². The smallest absolute Gasteiger partial charge is 0.227 e. The number of benzene rings is 2. The molecule has 2 aromatic carbocycles. The molecule has 6 heteroatoms. The van der Waals surface area contributed by atoms with Gasteiger partial charge in [0.25, 0.3) is 0 Å². The van der Waals surface area contributed by atoms with E-state index in [-0.39, 0.29) is 11.8 Å². The molecule has 0 radical (unpaired) electrons. The number of carbonyl (C=O) groups excluding carboxylic acids is 1. The molecule has 1 N–H and O–H groups in total. The van der Waals surface area contributed by atoms with E-state index < -0.39 is 0 Å². The zero-order valence-electron chi connectivity index (χ0n) is 14.5. The van der Waals surface area contributed by atoms with Crippen molar-refractivity contribution in [2.24, 2.45) is 5.92 Å². The number of aromatic nitrogens is 1. The molecular weight excluding hydrogens is 410 g/mol. The molecule has 1 fully saturated rings. The Morgan fingerprint density at radius 3 is 2.65 bits per heavy atom. The van der Waals surface area contributed by atoms with Gasteiger partial charge in [0, 0.05) is 29.2 Å². The van der Waals surface area contributed by atoms with Crippen LogP contribution >= 0.6 is 27.3 Å². The maximum absolute atomic E-state index is 12.5. The van der Waals surface area contributed by atoms with Crippen LogP contribution in [-0.4, -0.2) is 24.0 Å². The van der Waals surface area contributed by atoms with Crippen LogP contribution in [-0.2, 0) is 4.79 Å². The van der Waals surface area contributed by atoms with E-state index in [0.717, 1.165) is 46.7 Å². The minimum Gasteiger partial charge on any atom is -0.348 e. The molecule has 0 saturated carbocycles. The standard InChI is InChI=1S/C20H20BrN3OS/c1-13-2-7-17-18(12-13)26-20(23-17)24-10-8-14(9-11-24)19(25)22-16-5-3-15(21)4-6-16/h2-7,12,14H,8-11H2,1H3,(H,22,25). The van der Waals surface area contributed by atoms with Crippen molar-refractivity contribution in [2.75, 3.05) is 23.3 Å². The number of hydrogen-bond acceptors (Lipinski definition) is 4. The van der Waals surface area contributed by atoms with Crippen molar-refractivity contribution in [1.29, 1.82) is 0 Å². The lowest BCUT2D eigenvalue weighted by Crippen LogP contribution is -2.38. The van der Waals surface area contributed by atoms with Crippen LogP contribution in [0.25, 0.3) is 10.2 Å². The Morgan fingerprint density at radius 1 is 1.19 bits per heavy atom. The summed E-state index contributed by atoms with van der Waals surface area (Å²) in [6.07, 6.45) is 1.72. The third-order valence-electron chi connectivity index (χ3n) is 4.78. The van der Waals surface area contributed by atoms with Crippen molar-refractivity contribution in [3.05, 3.63) is 52.5 Å². The number of amides is 1. The number of nitrogens with zero attached hydrogens (tertiary/aromatic N) is 2. The highest BCUT2D eigenvalue weighted by Crippen LogP contribution is 2.32. The summed E-state index contributed by atoms with van der Waals surface area (Å²) in [7, 11) is 0. The van der Waals surface area contributed by atoms with Crippen molar-refractivity contribution in [2.45, 2.75) is 19.8 Å².